The first-order chi connectivity index (χ1) is 10.1. The van der Waals surface area contributed by atoms with Gasteiger partial charge in [0, 0.05) is 11.8 Å². The molecule has 2 N–H and O–H groups in total. The molecule has 0 unspecified atom stereocenters. The maximum Gasteiger partial charge on any atom is 0.175 e. The summed E-state index contributed by atoms with van der Waals surface area (Å²) in [7, 11) is 3.00. The van der Waals surface area contributed by atoms with Crippen molar-refractivity contribution in [2.75, 3.05) is 24.9 Å². The monoisotopic (exact) mass is 306 g/mol. The fraction of sp³-hybridized carbons (Fsp3) is 0.133. The number of ether oxygens (including phenoxy) is 2. The lowest BCUT2D eigenvalue weighted by molar-refractivity contribution is 0.387. The minimum Gasteiger partial charge on any atom is -0.495 e. The molecular formula is C15H15FN2O2S. The van der Waals surface area contributed by atoms with Crippen molar-refractivity contribution in [1.29, 1.82) is 0 Å². The number of nitrogens with one attached hydrogen (secondary N) is 2. The fourth-order valence-corrected chi connectivity index (χ4v) is 2.00. The van der Waals surface area contributed by atoms with Crippen molar-refractivity contribution in [2.24, 2.45) is 0 Å². The summed E-state index contributed by atoms with van der Waals surface area (Å²) in [5.74, 6) is 0.398. The van der Waals surface area contributed by atoms with Gasteiger partial charge in [0.2, 0.25) is 0 Å². The van der Waals surface area contributed by atoms with E-state index >= 15 is 0 Å². The number of hydrogen-bond acceptors (Lipinski definition) is 3. The zero-order valence-corrected chi connectivity index (χ0v) is 12.5. The molecule has 2 aromatic rings. The van der Waals surface area contributed by atoms with E-state index in [1.54, 1.807) is 13.2 Å². The molecule has 0 aliphatic carbocycles. The van der Waals surface area contributed by atoms with Gasteiger partial charge in [-0.1, -0.05) is 12.1 Å². The normalized spacial score (nSPS) is 9.86. The highest BCUT2D eigenvalue weighted by molar-refractivity contribution is 7.80. The zero-order chi connectivity index (χ0) is 15.2. The molecule has 4 nitrogen and oxygen atoms in total. The molecule has 21 heavy (non-hydrogen) atoms. The van der Waals surface area contributed by atoms with Crippen molar-refractivity contribution in [1.82, 2.24) is 0 Å². The van der Waals surface area contributed by atoms with Gasteiger partial charge in [-0.2, -0.15) is 0 Å². The summed E-state index contributed by atoms with van der Waals surface area (Å²) < 4.78 is 23.7. The molecule has 0 amide bonds. The van der Waals surface area contributed by atoms with E-state index in [2.05, 4.69) is 10.6 Å². The van der Waals surface area contributed by atoms with E-state index in [1.807, 2.05) is 24.3 Å². The van der Waals surface area contributed by atoms with Crippen LogP contribution in [0.5, 0.6) is 11.5 Å². The smallest absolute Gasteiger partial charge is 0.175 e. The average Bonchev–Trinajstić information content (AvgIpc) is 2.48. The van der Waals surface area contributed by atoms with E-state index in [1.165, 1.54) is 19.2 Å². The number of methoxy groups -OCH3 is 2. The molecule has 0 aromatic heterocycles. The van der Waals surface area contributed by atoms with Crippen LogP contribution in [-0.2, 0) is 0 Å². The lowest BCUT2D eigenvalue weighted by Crippen LogP contribution is -2.19. The van der Waals surface area contributed by atoms with Gasteiger partial charge in [-0.25, -0.2) is 4.39 Å². The van der Waals surface area contributed by atoms with Crippen LogP contribution in [0.2, 0.25) is 0 Å². The number of benzene rings is 2. The summed E-state index contributed by atoms with van der Waals surface area (Å²) in [5.41, 5.74) is 1.26. The Kier molecular flexibility index (Phi) is 4.94. The largest absolute Gasteiger partial charge is 0.495 e. The first-order valence-corrected chi connectivity index (χ1v) is 6.59. The first-order valence-electron chi connectivity index (χ1n) is 6.18. The minimum atomic E-state index is -0.456. The molecular weight excluding hydrogens is 291 g/mol. The van der Waals surface area contributed by atoms with Gasteiger partial charge >= 0.3 is 0 Å². The molecule has 0 bridgehead atoms. The summed E-state index contributed by atoms with van der Waals surface area (Å²) >= 11 is 5.20. The van der Waals surface area contributed by atoms with E-state index in [9.17, 15) is 4.39 Å². The average molecular weight is 306 g/mol. The summed E-state index contributed by atoms with van der Waals surface area (Å²) in [5, 5.41) is 6.24. The van der Waals surface area contributed by atoms with Crippen LogP contribution in [0.25, 0.3) is 0 Å². The molecule has 0 saturated heterocycles. The second kappa shape index (κ2) is 6.90. The van der Waals surface area contributed by atoms with Crippen LogP contribution in [0.4, 0.5) is 15.8 Å². The summed E-state index contributed by atoms with van der Waals surface area (Å²) in [6.07, 6.45) is 0. The molecule has 0 fully saturated rings. The van der Waals surface area contributed by atoms with E-state index < -0.39 is 5.82 Å². The molecule has 0 radical (unpaired) electrons. The predicted molar refractivity (Wildman–Crippen MR) is 85.8 cm³/mol. The SMILES string of the molecule is COc1ccc(NC(=S)Nc2ccccc2OC)cc1F. The summed E-state index contributed by atoms with van der Waals surface area (Å²) in [6, 6.07) is 11.9. The molecule has 0 heterocycles. The van der Waals surface area contributed by atoms with Gasteiger partial charge < -0.3 is 20.1 Å². The maximum atomic E-state index is 13.6. The second-order valence-corrected chi connectivity index (χ2v) is 4.54. The molecule has 0 aliphatic heterocycles. The Hall–Kier alpha value is -2.34. The number of thiocarbonyl (C=S) groups is 1. The molecule has 110 valence electrons. The van der Waals surface area contributed by atoms with Gasteiger partial charge in [-0.05, 0) is 36.5 Å². The van der Waals surface area contributed by atoms with E-state index in [-0.39, 0.29) is 5.75 Å². The van der Waals surface area contributed by atoms with Crippen molar-refractivity contribution < 1.29 is 13.9 Å². The number of anilines is 2. The minimum absolute atomic E-state index is 0.184. The van der Waals surface area contributed by atoms with E-state index in [0.29, 0.717) is 16.5 Å². The third-order valence-electron chi connectivity index (χ3n) is 2.76. The van der Waals surface area contributed by atoms with Crippen LogP contribution in [0.15, 0.2) is 42.5 Å². The van der Waals surface area contributed by atoms with Gasteiger partial charge in [0.15, 0.2) is 16.7 Å². The molecule has 6 heteroatoms. The summed E-state index contributed by atoms with van der Waals surface area (Å²) in [4.78, 5) is 0. The quantitative estimate of drug-likeness (QED) is 0.844. The highest BCUT2D eigenvalue weighted by Gasteiger charge is 2.06. The standard InChI is InChI=1S/C15H15FN2O2S/c1-19-13-8-7-10(9-11(13)16)17-15(21)18-12-5-3-4-6-14(12)20-2/h3-9H,1-2H3,(H2,17,18,21). The Balaban J connectivity index is 2.06. The van der Waals surface area contributed by atoms with E-state index in [4.69, 9.17) is 21.7 Å². The molecule has 2 aromatic carbocycles. The van der Waals surface area contributed by atoms with Crippen LogP contribution in [0.3, 0.4) is 0 Å². The van der Waals surface area contributed by atoms with Gasteiger partial charge in [0.25, 0.3) is 0 Å². The van der Waals surface area contributed by atoms with Crippen LogP contribution >= 0.6 is 12.2 Å². The molecule has 0 atom stereocenters. The lowest BCUT2D eigenvalue weighted by Gasteiger charge is -2.13. The Morgan fingerprint density at radius 3 is 2.38 bits per heavy atom. The second-order valence-electron chi connectivity index (χ2n) is 4.13. The van der Waals surface area contributed by atoms with Gasteiger partial charge in [-0.15, -0.1) is 0 Å². The first kappa shape index (κ1) is 15.1. The third kappa shape index (κ3) is 3.82. The van der Waals surface area contributed by atoms with Gasteiger partial charge in [0.05, 0.1) is 19.9 Å². The molecule has 0 aliphatic rings. The maximum absolute atomic E-state index is 13.6. The van der Waals surface area contributed by atoms with Gasteiger partial charge in [-0.3, -0.25) is 0 Å². The van der Waals surface area contributed by atoms with Gasteiger partial charge in [0.1, 0.15) is 5.75 Å². The number of halogens is 1. The summed E-state index contributed by atoms with van der Waals surface area (Å²) in [6.45, 7) is 0. The number of hydrogen-bond donors (Lipinski definition) is 2. The Bertz CT molecular complexity index is 649. The topological polar surface area (TPSA) is 42.5 Å². The number of rotatable bonds is 4. The predicted octanol–water partition coefficient (Wildman–Crippen LogP) is 3.65. The van der Waals surface area contributed by atoms with Crippen molar-refractivity contribution in [3.8, 4) is 11.5 Å². The molecule has 0 spiro atoms. The van der Waals surface area contributed by atoms with Crippen molar-refractivity contribution in [2.45, 2.75) is 0 Å². The van der Waals surface area contributed by atoms with Crippen molar-refractivity contribution >= 4 is 28.7 Å². The fourth-order valence-electron chi connectivity index (χ4n) is 1.78. The van der Waals surface area contributed by atoms with Crippen molar-refractivity contribution in [3.05, 3.63) is 48.3 Å². The highest BCUT2D eigenvalue weighted by Crippen LogP contribution is 2.24. The van der Waals surface area contributed by atoms with Crippen molar-refractivity contribution in [3.63, 3.8) is 0 Å². The van der Waals surface area contributed by atoms with Crippen LogP contribution in [-0.4, -0.2) is 19.3 Å². The number of para-hydroxylation sites is 2. The molecule has 0 saturated carbocycles. The Morgan fingerprint density at radius 1 is 1.00 bits per heavy atom. The van der Waals surface area contributed by atoms with Crippen LogP contribution < -0.4 is 20.1 Å². The van der Waals surface area contributed by atoms with Crippen LogP contribution in [0.1, 0.15) is 0 Å². The lowest BCUT2D eigenvalue weighted by atomic mass is 10.3. The van der Waals surface area contributed by atoms with Crippen LogP contribution in [0, 0.1) is 5.82 Å². The Morgan fingerprint density at radius 2 is 1.71 bits per heavy atom. The van der Waals surface area contributed by atoms with E-state index in [0.717, 1.165) is 5.69 Å². The molecule has 2 rings (SSSR count). The zero-order valence-electron chi connectivity index (χ0n) is 11.6. The Labute approximate surface area is 127 Å². The highest BCUT2D eigenvalue weighted by atomic mass is 32.1. The third-order valence-corrected chi connectivity index (χ3v) is 2.97.